The molecule has 4 N–H and O–H groups in total. The Bertz CT molecular complexity index is 590. The Morgan fingerprint density at radius 1 is 1.45 bits per heavy atom. The minimum atomic E-state index is -3.80. The number of nitrogen functional groups attached to an aromatic ring is 1. The van der Waals surface area contributed by atoms with Gasteiger partial charge in [-0.3, -0.25) is 0 Å². The number of aliphatic hydroxyl groups is 1. The molecule has 0 amide bonds. The van der Waals surface area contributed by atoms with Crippen molar-refractivity contribution in [1.82, 2.24) is 4.72 Å². The van der Waals surface area contributed by atoms with Crippen molar-refractivity contribution >= 4 is 27.3 Å². The van der Waals surface area contributed by atoms with Gasteiger partial charge in [0.1, 0.15) is 4.90 Å². The number of nitrogens with two attached hydrogens (primary N) is 1. The number of aliphatic hydroxyl groups excluding tert-OH is 1. The molecule has 1 unspecified atom stereocenters. The summed E-state index contributed by atoms with van der Waals surface area (Å²) in [5.41, 5.74) is 6.12. The maximum atomic E-state index is 12.4. The van der Waals surface area contributed by atoms with Crippen LogP contribution < -0.4 is 10.5 Å². The third-order valence-electron chi connectivity index (χ3n) is 3.43. The summed E-state index contributed by atoms with van der Waals surface area (Å²) >= 11 is 6.01. The second-order valence-electron chi connectivity index (χ2n) is 5.13. The van der Waals surface area contributed by atoms with Crippen molar-refractivity contribution in [2.45, 2.75) is 44.0 Å². The van der Waals surface area contributed by atoms with Gasteiger partial charge in [0.25, 0.3) is 0 Å². The molecule has 0 fully saturated rings. The number of anilines is 1. The minimum absolute atomic E-state index is 0.0418. The summed E-state index contributed by atoms with van der Waals surface area (Å²) in [7, 11) is -3.80. The van der Waals surface area contributed by atoms with Crippen LogP contribution in [0.25, 0.3) is 0 Å². The van der Waals surface area contributed by atoms with E-state index in [2.05, 4.69) is 4.72 Å². The number of aryl methyl sites for hydroxylation is 1. The Hall–Kier alpha value is -0.820. The number of halogens is 1. The topological polar surface area (TPSA) is 92.4 Å². The lowest BCUT2D eigenvalue weighted by Crippen LogP contribution is -2.46. The fourth-order valence-corrected chi connectivity index (χ4v) is 3.93. The van der Waals surface area contributed by atoms with Gasteiger partial charge in [0.2, 0.25) is 10.0 Å². The van der Waals surface area contributed by atoms with Crippen LogP contribution >= 0.6 is 11.6 Å². The molecule has 0 bridgehead atoms. The molecule has 20 heavy (non-hydrogen) atoms. The fourth-order valence-electron chi connectivity index (χ4n) is 1.80. The van der Waals surface area contributed by atoms with Crippen LogP contribution in [0.5, 0.6) is 0 Å². The molecule has 0 aromatic heterocycles. The van der Waals surface area contributed by atoms with Crippen molar-refractivity contribution in [2.24, 2.45) is 0 Å². The Morgan fingerprint density at radius 2 is 2.05 bits per heavy atom. The Morgan fingerprint density at radius 3 is 2.55 bits per heavy atom. The van der Waals surface area contributed by atoms with Crippen LogP contribution in [0.15, 0.2) is 17.0 Å². The summed E-state index contributed by atoms with van der Waals surface area (Å²) in [5.74, 6) is 0. The molecule has 7 heteroatoms. The molecule has 1 rings (SSSR count). The zero-order valence-corrected chi connectivity index (χ0v) is 13.5. The van der Waals surface area contributed by atoms with Crippen LogP contribution in [0, 0.1) is 6.92 Å². The molecular weight excluding hydrogens is 300 g/mol. The highest BCUT2D eigenvalue weighted by atomic mass is 35.5. The van der Waals surface area contributed by atoms with Crippen LogP contribution in [0.1, 0.15) is 32.3 Å². The highest BCUT2D eigenvalue weighted by molar-refractivity contribution is 7.89. The van der Waals surface area contributed by atoms with Crippen LogP contribution in [-0.4, -0.2) is 25.7 Å². The van der Waals surface area contributed by atoms with Crippen molar-refractivity contribution in [3.8, 4) is 0 Å². The van der Waals surface area contributed by atoms with Crippen molar-refractivity contribution in [3.05, 3.63) is 22.7 Å². The third kappa shape index (κ3) is 3.85. The first kappa shape index (κ1) is 17.2. The van der Waals surface area contributed by atoms with Gasteiger partial charge in [-0.05, 0) is 44.4 Å². The number of sulfonamides is 1. The number of benzene rings is 1. The van der Waals surface area contributed by atoms with Crippen LogP contribution in [-0.2, 0) is 10.0 Å². The molecule has 0 spiro atoms. The molecule has 0 aliphatic heterocycles. The normalized spacial score (nSPS) is 15.1. The van der Waals surface area contributed by atoms with Gasteiger partial charge in [-0.25, -0.2) is 13.1 Å². The zero-order chi connectivity index (χ0) is 15.6. The van der Waals surface area contributed by atoms with Crippen LogP contribution in [0.4, 0.5) is 5.69 Å². The quantitative estimate of drug-likeness (QED) is 0.699. The largest absolute Gasteiger partial charge is 0.398 e. The Labute approximate surface area is 125 Å². The van der Waals surface area contributed by atoms with Gasteiger partial charge in [-0.1, -0.05) is 18.5 Å². The number of nitrogens with one attached hydrogen (secondary N) is 1. The summed E-state index contributed by atoms with van der Waals surface area (Å²) < 4.78 is 27.5. The molecule has 0 aliphatic carbocycles. The Kier molecular flexibility index (Phi) is 5.43. The molecular formula is C13H21ClN2O3S. The molecule has 1 aromatic carbocycles. The summed E-state index contributed by atoms with van der Waals surface area (Å²) in [6.07, 6.45) is 0.868. The zero-order valence-electron chi connectivity index (χ0n) is 11.9. The van der Waals surface area contributed by atoms with Gasteiger partial charge >= 0.3 is 0 Å². The maximum Gasteiger partial charge on any atom is 0.242 e. The minimum Gasteiger partial charge on any atom is -0.398 e. The number of hydrogen-bond donors (Lipinski definition) is 3. The second kappa shape index (κ2) is 6.30. The predicted molar refractivity (Wildman–Crippen MR) is 81.3 cm³/mol. The summed E-state index contributed by atoms with van der Waals surface area (Å²) in [6, 6.07) is 2.88. The second-order valence-corrected chi connectivity index (χ2v) is 7.19. The van der Waals surface area contributed by atoms with E-state index in [4.69, 9.17) is 22.4 Å². The highest BCUT2D eigenvalue weighted by Gasteiger charge is 2.30. The van der Waals surface area contributed by atoms with E-state index in [1.165, 1.54) is 12.1 Å². The highest BCUT2D eigenvalue weighted by Crippen LogP contribution is 2.28. The lowest BCUT2D eigenvalue weighted by Gasteiger charge is -2.28. The summed E-state index contributed by atoms with van der Waals surface area (Å²) in [6.45, 7) is 5.25. The van der Waals surface area contributed by atoms with Gasteiger partial charge in [0.05, 0.1) is 5.02 Å². The lowest BCUT2D eigenvalue weighted by atomic mass is 9.97. The van der Waals surface area contributed by atoms with Gasteiger partial charge in [-0.15, -0.1) is 0 Å². The lowest BCUT2D eigenvalue weighted by molar-refractivity contribution is 0.233. The molecule has 0 heterocycles. The van der Waals surface area contributed by atoms with E-state index < -0.39 is 15.6 Å². The SMILES string of the molecule is CCC(C)(CCO)NS(=O)(=O)c1cc(N)c(C)cc1Cl. The number of rotatable bonds is 6. The molecule has 0 aliphatic rings. The first-order chi connectivity index (χ1) is 9.15. The van der Waals surface area contributed by atoms with Crippen molar-refractivity contribution in [3.63, 3.8) is 0 Å². The third-order valence-corrected chi connectivity index (χ3v) is 5.54. The molecule has 0 radical (unpaired) electrons. The van der Waals surface area contributed by atoms with Crippen molar-refractivity contribution in [1.29, 1.82) is 0 Å². The monoisotopic (exact) mass is 320 g/mol. The predicted octanol–water partition coefficient (Wildman–Crippen LogP) is 2.06. The van der Waals surface area contributed by atoms with Gasteiger partial charge in [-0.2, -0.15) is 0 Å². The summed E-state index contributed by atoms with van der Waals surface area (Å²) in [4.78, 5) is -0.0418. The molecule has 0 saturated heterocycles. The molecule has 1 atom stereocenters. The van der Waals surface area contributed by atoms with Gasteiger partial charge < -0.3 is 10.8 Å². The van der Waals surface area contributed by atoms with Gasteiger partial charge in [0, 0.05) is 17.8 Å². The molecule has 1 aromatic rings. The molecule has 0 saturated carbocycles. The Balaban J connectivity index is 3.21. The maximum absolute atomic E-state index is 12.4. The smallest absolute Gasteiger partial charge is 0.242 e. The van der Waals surface area contributed by atoms with E-state index in [0.717, 1.165) is 5.56 Å². The first-order valence-electron chi connectivity index (χ1n) is 6.35. The van der Waals surface area contributed by atoms with E-state index in [9.17, 15) is 8.42 Å². The van der Waals surface area contributed by atoms with E-state index >= 15 is 0 Å². The first-order valence-corrected chi connectivity index (χ1v) is 8.22. The van der Waals surface area contributed by atoms with Crippen LogP contribution in [0.3, 0.4) is 0 Å². The van der Waals surface area contributed by atoms with Crippen molar-refractivity contribution in [2.75, 3.05) is 12.3 Å². The van der Waals surface area contributed by atoms with Crippen molar-refractivity contribution < 1.29 is 13.5 Å². The number of hydrogen-bond acceptors (Lipinski definition) is 4. The van der Waals surface area contributed by atoms with E-state index in [1.54, 1.807) is 13.8 Å². The summed E-state index contributed by atoms with van der Waals surface area (Å²) in [5, 5.41) is 9.19. The average Bonchev–Trinajstić information content (AvgIpc) is 2.33. The van der Waals surface area contributed by atoms with Crippen LogP contribution in [0.2, 0.25) is 5.02 Å². The average molecular weight is 321 g/mol. The fraction of sp³-hybridized carbons (Fsp3) is 0.538. The van der Waals surface area contributed by atoms with E-state index in [1.807, 2.05) is 6.92 Å². The standard InChI is InChI=1S/C13H21ClN2O3S/c1-4-13(3,5-6-17)16-20(18,19)12-8-11(15)9(2)7-10(12)14/h7-8,16-17H,4-6,15H2,1-3H3. The molecule has 114 valence electrons. The van der Waals surface area contributed by atoms with Gasteiger partial charge in [0.15, 0.2) is 0 Å². The molecule has 5 nitrogen and oxygen atoms in total. The van der Waals surface area contributed by atoms with E-state index in [0.29, 0.717) is 18.5 Å². The van der Waals surface area contributed by atoms with E-state index in [-0.39, 0.29) is 16.5 Å².